The van der Waals surface area contributed by atoms with Crippen LogP contribution in [0.3, 0.4) is 0 Å². The third-order valence-corrected chi connectivity index (χ3v) is 2.87. The van der Waals surface area contributed by atoms with Crippen LogP contribution in [0.2, 0.25) is 0 Å². The molecule has 4 nitrogen and oxygen atoms in total. The van der Waals surface area contributed by atoms with Crippen LogP contribution in [0.1, 0.15) is 20.3 Å². The second-order valence-electron chi connectivity index (χ2n) is 4.52. The van der Waals surface area contributed by atoms with Crippen molar-refractivity contribution in [3.8, 4) is 0 Å². The Labute approximate surface area is 144 Å². The van der Waals surface area contributed by atoms with Gasteiger partial charge in [0.05, 0.1) is 5.69 Å². The van der Waals surface area contributed by atoms with Gasteiger partial charge in [0.2, 0.25) is 0 Å². The van der Waals surface area contributed by atoms with Crippen molar-refractivity contribution in [2.45, 2.75) is 20.3 Å². The van der Waals surface area contributed by atoms with Crippen LogP contribution in [0.5, 0.6) is 0 Å². The van der Waals surface area contributed by atoms with Crippen molar-refractivity contribution in [3.63, 3.8) is 0 Å². The molecule has 0 aliphatic rings. The van der Waals surface area contributed by atoms with Crippen molar-refractivity contribution in [1.29, 1.82) is 0 Å². The van der Waals surface area contributed by atoms with E-state index in [-0.39, 0.29) is 29.8 Å². The molecule has 6 heteroatoms. The molecule has 0 aromatic heterocycles. The number of guanidine groups is 1. The Balaban J connectivity index is 0.00000400. The van der Waals surface area contributed by atoms with Crippen molar-refractivity contribution < 1.29 is 4.39 Å². The number of halogens is 2. The molecule has 0 saturated heterocycles. The molecule has 0 aliphatic carbocycles. The first-order chi connectivity index (χ1) is 9.69. The standard InChI is InChI=1S/C15H25FN4.HI/c1-4-17-15(18-5-2)19-11-8-12-20(3)14-10-7-6-9-13(14)16;/h6-7,9-10H,4-5,8,11-12H2,1-3H3,(H2,17,18,19);1H. The number of hydrogen-bond donors (Lipinski definition) is 2. The van der Waals surface area contributed by atoms with Gasteiger partial charge in [-0.3, -0.25) is 4.99 Å². The van der Waals surface area contributed by atoms with E-state index >= 15 is 0 Å². The average molecular weight is 408 g/mol. The number of para-hydroxylation sites is 1. The Hall–Kier alpha value is -1.05. The molecule has 0 radical (unpaired) electrons. The van der Waals surface area contributed by atoms with Gasteiger partial charge >= 0.3 is 0 Å². The van der Waals surface area contributed by atoms with Gasteiger partial charge in [0.1, 0.15) is 5.82 Å². The number of nitrogens with one attached hydrogen (secondary N) is 2. The molecule has 0 amide bonds. The Kier molecular flexibility index (Phi) is 11.0. The predicted molar refractivity (Wildman–Crippen MR) is 99.4 cm³/mol. The average Bonchev–Trinajstić information content (AvgIpc) is 2.44. The highest BCUT2D eigenvalue weighted by Crippen LogP contribution is 2.16. The van der Waals surface area contributed by atoms with Crippen LogP contribution in [0.4, 0.5) is 10.1 Å². The third kappa shape index (κ3) is 7.50. The van der Waals surface area contributed by atoms with Crippen LogP contribution >= 0.6 is 24.0 Å². The molecule has 0 saturated carbocycles. The first-order valence-electron chi connectivity index (χ1n) is 7.16. The smallest absolute Gasteiger partial charge is 0.191 e. The quantitative estimate of drug-likeness (QED) is 0.316. The number of rotatable bonds is 7. The van der Waals surface area contributed by atoms with E-state index in [0.29, 0.717) is 12.2 Å². The molecule has 1 aromatic rings. The van der Waals surface area contributed by atoms with Crippen LogP contribution in [-0.2, 0) is 0 Å². The van der Waals surface area contributed by atoms with Gasteiger partial charge in [-0.05, 0) is 32.4 Å². The zero-order chi connectivity index (χ0) is 14.8. The summed E-state index contributed by atoms with van der Waals surface area (Å²) >= 11 is 0. The Morgan fingerprint density at radius 3 is 2.38 bits per heavy atom. The van der Waals surface area contributed by atoms with Crippen LogP contribution < -0.4 is 15.5 Å². The summed E-state index contributed by atoms with van der Waals surface area (Å²) in [7, 11) is 1.90. The monoisotopic (exact) mass is 408 g/mol. The normalized spacial score (nSPS) is 9.52. The summed E-state index contributed by atoms with van der Waals surface area (Å²) in [5.41, 5.74) is 0.634. The Morgan fingerprint density at radius 2 is 1.81 bits per heavy atom. The van der Waals surface area contributed by atoms with Gasteiger partial charge in [0.15, 0.2) is 5.96 Å². The topological polar surface area (TPSA) is 39.7 Å². The highest BCUT2D eigenvalue weighted by atomic mass is 127. The number of nitrogens with zero attached hydrogens (tertiary/aromatic N) is 2. The fourth-order valence-electron chi connectivity index (χ4n) is 1.89. The van der Waals surface area contributed by atoms with Gasteiger partial charge in [-0.25, -0.2) is 4.39 Å². The summed E-state index contributed by atoms with van der Waals surface area (Å²) in [6.07, 6.45) is 0.880. The first-order valence-corrected chi connectivity index (χ1v) is 7.16. The molecule has 21 heavy (non-hydrogen) atoms. The highest BCUT2D eigenvalue weighted by molar-refractivity contribution is 14.0. The van der Waals surface area contributed by atoms with E-state index in [1.54, 1.807) is 12.1 Å². The lowest BCUT2D eigenvalue weighted by molar-refractivity contribution is 0.620. The van der Waals surface area contributed by atoms with E-state index < -0.39 is 0 Å². The molecule has 0 aliphatic heterocycles. The zero-order valence-electron chi connectivity index (χ0n) is 13.0. The number of hydrogen-bond acceptors (Lipinski definition) is 2. The molecule has 0 spiro atoms. The van der Waals surface area contributed by atoms with Crippen LogP contribution in [-0.4, -0.2) is 39.2 Å². The predicted octanol–water partition coefficient (Wildman–Crippen LogP) is 2.85. The van der Waals surface area contributed by atoms with Gasteiger partial charge in [-0.2, -0.15) is 0 Å². The number of benzene rings is 1. The van der Waals surface area contributed by atoms with Crippen molar-refractivity contribution in [2.75, 3.05) is 38.1 Å². The molecule has 0 atom stereocenters. The Bertz CT molecular complexity index is 418. The first kappa shape index (κ1) is 19.9. The number of aliphatic imine (C=N–C) groups is 1. The van der Waals surface area contributed by atoms with Crippen molar-refractivity contribution >= 4 is 35.6 Å². The van der Waals surface area contributed by atoms with Gasteiger partial charge in [0.25, 0.3) is 0 Å². The molecule has 1 aromatic carbocycles. The molecular weight excluding hydrogens is 382 g/mol. The summed E-state index contributed by atoms with van der Waals surface area (Å²) in [6, 6.07) is 6.83. The molecule has 2 N–H and O–H groups in total. The van der Waals surface area contributed by atoms with E-state index in [1.165, 1.54) is 6.07 Å². The van der Waals surface area contributed by atoms with Crippen LogP contribution in [0.25, 0.3) is 0 Å². The maximum Gasteiger partial charge on any atom is 0.191 e. The van der Waals surface area contributed by atoms with Gasteiger partial charge < -0.3 is 15.5 Å². The Morgan fingerprint density at radius 1 is 1.19 bits per heavy atom. The van der Waals surface area contributed by atoms with E-state index in [2.05, 4.69) is 15.6 Å². The summed E-state index contributed by atoms with van der Waals surface area (Å²) < 4.78 is 13.6. The third-order valence-electron chi connectivity index (χ3n) is 2.87. The molecule has 120 valence electrons. The summed E-state index contributed by atoms with van der Waals surface area (Å²) in [6.45, 7) is 7.27. The maximum atomic E-state index is 13.6. The second-order valence-corrected chi connectivity index (χ2v) is 4.52. The van der Waals surface area contributed by atoms with Crippen LogP contribution in [0, 0.1) is 5.82 Å². The molecule has 0 bridgehead atoms. The SMILES string of the molecule is CCNC(=NCCCN(C)c1ccccc1F)NCC.I. The van der Waals surface area contributed by atoms with Gasteiger partial charge in [-0.15, -0.1) is 24.0 Å². The highest BCUT2D eigenvalue weighted by Gasteiger charge is 2.05. The summed E-state index contributed by atoms with van der Waals surface area (Å²) in [4.78, 5) is 6.39. The molecular formula is C15H26FIN4. The lowest BCUT2D eigenvalue weighted by atomic mass is 10.2. The maximum absolute atomic E-state index is 13.6. The van der Waals surface area contributed by atoms with E-state index in [4.69, 9.17) is 0 Å². The van der Waals surface area contributed by atoms with E-state index in [1.807, 2.05) is 31.9 Å². The largest absolute Gasteiger partial charge is 0.372 e. The fraction of sp³-hybridized carbons (Fsp3) is 0.533. The van der Waals surface area contributed by atoms with Crippen molar-refractivity contribution in [1.82, 2.24) is 10.6 Å². The minimum atomic E-state index is -0.181. The van der Waals surface area contributed by atoms with E-state index in [9.17, 15) is 4.39 Å². The van der Waals surface area contributed by atoms with E-state index in [0.717, 1.165) is 32.0 Å². The molecule has 0 fully saturated rings. The molecule has 1 rings (SSSR count). The minimum absolute atomic E-state index is 0. The van der Waals surface area contributed by atoms with Gasteiger partial charge in [0, 0.05) is 33.2 Å². The van der Waals surface area contributed by atoms with Crippen molar-refractivity contribution in [3.05, 3.63) is 30.1 Å². The lowest BCUT2D eigenvalue weighted by Crippen LogP contribution is -2.37. The minimum Gasteiger partial charge on any atom is -0.372 e. The zero-order valence-corrected chi connectivity index (χ0v) is 15.4. The number of anilines is 1. The lowest BCUT2D eigenvalue weighted by Gasteiger charge is -2.19. The molecule has 0 heterocycles. The van der Waals surface area contributed by atoms with Crippen molar-refractivity contribution in [2.24, 2.45) is 4.99 Å². The molecule has 0 unspecified atom stereocenters. The van der Waals surface area contributed by atoms with Gasteiger partial charge in [-0.1, -0.05) is 12.1 Å². The second kappa shape index (κ2) is 11.6. The fourth-order valence-corrected chi connectivity index (χ4v) is 1.89. The summed E-state index contributed by atoms with van der Waals surface area (Å²) in [5.74, 6) is 0.656. The van der Waals surface area contributed by atoms with Crippen LogP contribution in [0.15, 0.2) is 29.3 Å². The summed E-state index contributed by atoms with van der Waals surface area (Å²) in [5, 5.41) is 6.36.